The SMILES string of the molecule is CCCC1CCCN(Cc2cc(F)c(O)c(F)c2)CC1. The van der Waals surface area contributed by atoms with Crippen LogP contribution in [0.25, 0.3) is 0 Å². The smallest absolute Gasteiger partial charge is 0.187 e. The molecular formula is C16H23F2NO. The van der Waals surface area contributed by atoms with Gasteiger partial charge in [-0.3, -0.25) is 4.90 Å². The summed E-state index contributed by atoms with van der Waals surface area (Å²) in [6.45, 7) is 4.72. The van der Waals surface area contributed by atoms with Crippen molar-refractivity contribution >= 4 is 0 Å². The van der Waals surface area contributed by atoms with E-state index in [0.717, 1.165) is 31.8 Å². The van der Waals surface area contributed by atoms with Crippen LogP contribution in [-0.2, 0) is 6.54 Å². The molecule has 0 aromatic heterocycles. The number of nitrogens with zero attached hydrogens (tertiary/aromatic N) is 1. The van der Waals surface area contributed by atoms with E-state index >= 15 is 0 Å². The third-order valence-electron chi connectivity index (χ3n) is 4.12. The number of aromatic hydroxyl groups is 1. The quantitative estimate of drug-likeness (QED) is 0.900. The molecule has 1 aliphatic rings. The average Bonchev–Trinajstić information content (AvgIpc) is 2.62. The summed E-state index contributed by atoms with van der Waals surface area (Å²) in [5, 5.41) is 9.11. The van der Waals surface area contributed by atoms with Crippen molar-refractivity contribution < 1.29 is 13.9 Å². The van der Waals surface area contributed by atoms with E-state index in [1.807, 2.05) is 0 Å². The van der Waals surface area contributed by atoms with Gasteiger partial charge in [-0.25, -0.2) is 8.78 Å². The molecule has 0 amide bonds. The Morgan fingerprint density at radius 2 is 1.90 bits per heavy atom. The van der Waals surface area contributed by atoms with Crippen LogP contribution < -0.4 is 0 Å². The average molecular weight is 283 g/mol. The van der Waals surface area contributed by atoms with Crippen LogP contribution in [-0.4, -0.2) is 23.1 Å². The monoisotopic (exact) mass is 283 g/mol. The zero-order valence-corrected chi connectivity index (χ0v) is 12.0. The standard InChI is InChI=1S/C16H23F2NO/c1-2-4-12-5-3-7-19(8-6-12)11-13-9-14(17)16(20)15(18)10-13/h9-10,12,20H,2-8,11H2,1H3. The number of rotatable bonds is 4. The molecule has 20 heavy (non-hydrogen) atoms. The van der Waals surface area contributed by atoms with Gasteiger partial charge in [0, 0.05) is 6.54 Å². The van der Waals surface area contributed by atoms with Gasteiger partial charge >= 0.3 is 0 Å². The third-order valence-corrected chi connectivity index (χ3v) is 4.12. The molecule has 0 aliphatic carbocycles. The first kappa shape index (κ1) is 15.2. The number of benzene rings is 1. The summed E-state index contributed by atoms with van der Waals surface area (Å²) in [4.78, 5) is 2.25. The van der Waals surface area contributed by atoms with E-state index in [1.54, 1.807) is 0 Å². The van der Waals surface area contributed by atoms with Gasteiger partial charge in [0.25, 0.3) is 0 Å². The maximum atomic E-state index is 13.3. The summed E-state index contributed by atoms with van der Waals surface area (Å²) in [5.74, 6) is -1.84. The normalized spacial score (nSPS) is 20.9. The Bertz CT molecular complexity index is 427. The number of hydrogen-bond acceptors (Lipinski definition) is 2. The zero-order chi connectivity index (χ0) is 14.5. The summed E-state index contributed by atoms with van der Waals surface area (Å²) >= 11 is 0. The third kappa shape index (κ3) is 3.92. The summed E-state index contributed by atoms with van der Waals surface area (Å²) < 4.78 is 26.7. The highest BCUT2D eigenvalue weighted by molar-refractivity contribution is 5.30. The van der Waals surface area contributed by atoms with E-state index in [9.17, 15) is 8.78 Å². The van der Waals surface area contributed by atoms with Gasteiger partial charge in [0.2, 0.25) is 0 Å². The molecule has 2 rings (SSSR count). The van der Waals surface area contributed by atoms with E-state index in [0.29, 0.717) is 12.1 Å². The van der Waals surface area contributed by atoms with E-state index in [-0.39, 0.29) is 0 Å². The highest BCUT2D eigenvalue weighted by atomic mass is 19.1. The topological polar surface area (TPSA) is 23.5 Å². The van der Waals surface area contributed by atoms with E-state index in [4.69, 9.17) is 5.11 Å². The molecule has 1 atom stereocenters. The lowest BCUT2D eigenvalue weighted by Gasteiger charge is -2.20. The number of likely N-dealkylation sites (tertiary alicyclic amines) is 1. The van der Waals surface area contributed by atoms with Gasteiger partial charge in [-0.1, -0.05) is 19.8 Å². The summed E-state index contributed by atoms with van der Waals surface area (Å²) in [6, 6.07) is 2.46. The molecule has 0 radical (unpaired) electrons. The van der Waals surface area contributed by atoms with E-state index in [1.165, 1.54) is 31.4 Å². The van der Waals surface area contributed by atoms with E-state index in [2.05, 4.69) is 11.8 Å². The summed E-state index contributed by atoms with van der Waals surface area (Å²) in [5.41, 5.74) is 0.590. The van der Waals surface area contributed by atoms with Crippen molar-refractivity contribution in [3.8, 4) is 5.75 Å². The molecule has 0 saturated carbocycles. The van der Waals surface area contributed by atoms with Crippen LogP contribution in [0.3, 0.4) is 0 Å². The van der Waals surface area contributed by atoms with Crippen molar-refractivity contribution in [1.29, 1.82) is 0 Å². The Labute approximate surface area is 119 Å². The molecule has 1 fully saturated rings. The van der Waals surface area contributed by atoms with Crippen LogP contribution in [0.4, 0.5) is 8.78 Å². The molecule has 1 heterocycles. The Kier molecular flexibility index (Phi) is 5.35. The fourth-order valence-electron chi connectivity index (χ4n) is 3.05. The molecule has 0 bridgehead atoms. The van der Waals surface area contributed by atoms with Crippen molar-refractivity contribution in [2.24, 2.45) is 5.92 Å². The van der Waals surface area contributed by atoms with Crippen LogP contribution in [0, 0.1) is 17.6 Å². The second-order valence-electron chi connectivity index (χ2n) is 5.77. The van der Waals surface area contributed by atoms with Crippen molar-refractivity contribution in [3.63, 3.8) is 0 Å². The Morgan fingerprint density at radius 3 is 2.55 bits per heavy atom. The molecule has 2 nitrogen and oxygen atoms in total. The van der Waals surface area contributed by atoms with Gasteiger partial charge < -0.3 is 5.11 Å². The van der Waals surface area contributed by atoms with Gasteiger partial charge in [0.15, 0.2) is 17.4 Å². The Hall–Kier alpha value is -1.16. The number of phenolic OH excluding ortho intramolecular Hbond substituents is 1. The van der Waals surface area contributed by atoms with Crippen molar-refractivity contribution in [2.45, 2.75) is 45.6 Å². The summed E-state index contributed by atoms with van der Waals surface area (Å²) in [7, 11) is 0. The van der Waals surface area contributed by atoms with Gasteiger partial charge in [-0.05, 0) is 56.0 Å². The molecule has 1 aromatic carbocycles. The minimum absolute atomic E-state index is 0.549. The van der Waals surface area contributed by atoms with Gasteiger partial charge in [0.1, 0.15) is 0 Å². The van der Waals surface area contributed by atoms with Crippen LogP contribution in [0.1, 0.15) is 44.6 Å². The fraction of sp³-hybridized carbons (Fsp3) is 0.625. The maximum Gasteiger partial charge on any atom is 0.187 e. The molecule has 112 valence electrons. The molecular weight excluding hydrogens is 260 g/mol. The van der Waals surface area contributed by atoms with E-state index < -0.39 is 17.4 Å². The molecule has 0 spiro atoms. The van der Waals surface area contributed by atoms with Gasteiger partial charge in [-0.2, -0.15) is 0 Å². The van der Waals surface area contributed by atoms with Gasteiger partial charge in [-0.15, -0.1) is 0 Å². The van der Waals surface area contributed by atoms with Crippen molar-refractivity contribution in [2.75, 3.05) is 13.1 Å². The van der Waals surface area contributed by atoms with Gasteiger partial charge in [0.05, 0.1) is 0 Å². The van der Waals surface area contributed by atoms with Crippen LogP contribution in [0.15, 0.2) is 12.1 Å². The number of hydrogen-bond donors (Lipinski definition) is 1. The molecule has 1 aliphatic heterocycles. The highest BCUT2D eigenvalue weighted by Gasteiger charge is 2.17. The second-order valence-corrected chi connectivity index (χ2v) is 5.77. The predicted octanol–water partition coefficient (Wildman–Crippen LogP) is 4.07. The van der Waals surface area contributed by atoms with Crippen LogP contribution in [0.2, 0.25) is 0 Å². The van der Waals surface area contributed by atoms with Crippen molar-refractivity contribution in [1.82, 2.24) is 4.90 Å². The lowest BCUT2D eigenvalue weighted by atomic mass is 9.96. The number of halogens is 2. The Morgan fingerprint density at radius 1 is 1.20 bits per heavy atom. The molecule has 1 unspecified atom stereocenters. The first-order chi connectivity index (χ1) is 9.60. The first-order valence-corrected chi connectivity index (χ1v) is 7.49. The van der Waals surface area contributed by atoms with Crippen LogP contribution in [0.5, 0.6) is 5.75 Å². The molecule has 1 saturated heterocycles. The lowest BCUT2D eigenvalue weighted by Crippen LogP contribution is -2.24. The molecule has 1 aromatic rings. The Balaban J connectivity index is 1.96. The van der Waals surface area contributed by atoms with Crippen molar-refractivity contribution in [3.05, 3.63) is 29.3 Å². The predicted molar refractivity (Wildman–Crippen MR) is 75.5 cm³/mol. The lowest BCUT2D eigenvalue weighted by molar-refractivity contribution is 0.270. The number of phenols is 1. The zero-order valence-electron chi connectivity index (χ0n) is 12.0. The molecule has 1 N–H and O–H groups in total. The fourth-order valence-corrected chi connectivity index (χ4v) is 3.05. The maximum absolute atomic E-state index is 13.3. The van der Waals surface area contributed by atoms with Crippen LogP contribution >= 0.6 is 0 Å². The first-order valence-electron chi connectivity index (χ1n) is 7.49. The minimum Gasteiger partial charge on any atom is -0.503 e. The summed E-state index contributed by atoms with van der Waals surface area (Å²) in [6.07, 6.45) is 6.06. The second kappa shape index (κ2) is 7.02. The largest absolute Gasteiger partial charge is 0.503 e. The highest BCUT2D eigenvalue weighted by Crippen LogP contribution is 2.25. The molecule has 4 heteroatoms. The minimum atomic E-state index is -0.882.